The molecule has 1 aromatic carbocycles. The number of hydrogen-bond donors (Lipinski definition) is 0. The molecule has 1 fully saturated rings. The molecule has 0 N–H and O–H groups in total. The number of pyridine rings is 1. The van der Waals surface area contributed by atoms with Gasteiger partial charge in [0.2, 0.25) is 0 Å². The van der Waals surface area contributed by atoms with Crippen molar-refractivity contribution >= 4 is 34.5 Å². The standard InChI is InChI=1S/C26H29ClFN3O3/c1-26(2,3)31-15-19(17-5-7-20(27)21(28)14-17)18-6-8-22(29-24(18)31)25(33)30-11-9-16(10-12-30)13-23(32)34-4/h5-8,14-16H,9-13H2,1-4H3. The van der Waals surface area contributed by atoms with E-state index in [9.17, 15) is 14.0 Å². The number of piperidine rings is 1. The van der Waals surface area contributed by atoms with E-state index in [0.717, 1.165) is 23.8 Å². The van der Waals surface area contributed by atoms with Crippen LogP contribution in [0.5, 0.6) is 0 Å². The Morgan fingerprint density at radius 3 is 2.50 bits per heavy atom. The molecule has 1 aliphatic rings. The van der Waals surface area contributed by atoms with Gasteiger partial charge in [-0.2, -0.15) is 0 Å². The molecule has 6 nitrogen and oxygen atoms in total. The summed E-state index contributed by atoms with van der Waals surface area (Å²) < 4.78 is 20.9. The first kappa shape index (κ1) is 24.2. The molecule has 3 heterocycles. The molecule has 1 saturated heterocycles. The summed E-state index contributed by atoms with van der Waals surface area (Å²) in [5, 5.41) is 0.912. The van der Waals surface area contributed by atoms with Gasteiger partial charge in [-0.1, -0.05) is 17.7 Å². The Morgan fingerprint density at radius 1 is 1.18 bits per heavy atom. The van der Waals surface area contributed by atoms with Crippen molar-refractivity contribution in [3.05, 3.63) is 53.1 Å². The lowest BCUT2D eigenvalue weighted by molar-refractivity contribution is -0.142. The van der Waals surface area contributed by atoms with E-state index in [1.54, 1.807) is 23.1 Å². The summed E-state index contributed by atoms with van der Waals surface area (Å²) in [6, 6.07) is 8.35. The number of hydrogen-bond acceptors (Lipinski definition) is 4. The molecule has 4 rings (SSSR count). The third-order valence-electron chi connectivity index (χ3n) is 6.41. The summed E-state index contributed by atoms with van der Waals surface area (Å²) in [6.07, 6.45) is 3.85. The van der Waals surface area contributed by atoms with Crippen molar-refractivity contribution in [2.75, 3.05) is 20.2 Å². The zero-order chi connectivity index (χ0) is 24.6. The number of ether oxygens (including phenoxy) is 1. The number of rotatable bonds is 4. The number of fused-ring (bicyclic) bond motifs is 1. The monoisotopic (exact) mass is 485 g/mol. The Hall–Kier alpha value is -2.93. The van der Waals surface area contributed by atoms with Gasteiger partial charge in [0.05, 0.1) is 12.1 Å². The summed E-state index contributed by atoms with van der Waals surface area (Å²) in [7, 11) is 1.39. The predicted molar refractivity (Wildman–Crippen MR) is 130 cm³/mol. The lowest BCUT2D eigenvalue weighted by Gasteiger charge is -2.31. The van der Waals surface area contributed by atoms with Crippen LogP contribution >= 0.6 is 11.6 Å². The zero-order valence-corrected chi connectivity index (χ0v) is 20.7. The van der Waals surface area contributed by atoms with E-state index in [0.29, 0.717) is 36.4 Å². The maximum atomic E-state index is 14.2. The van der Waals surface area contributed by atoms with E-state index in [-0.39, 0.29) is 28.4 Å². The van der Waals surface area contributed by atoms with Crippen LogP contribution in [0.4, 0.5) is 4.39 Å². The summed E-state index contributed by atoms with van der Waals surface area (Å²) >= 11 is 5.88. The van der Waals surface area contributed by atoms with Crippen molar-refractivity contribution in [2.24, 2.45) is 5.92 Å². The summed E-state index contributed by atoms with van der Waals surface area (Å²) in [4.78, 5) is 31.4. The van der Waals surface area contributed by atoms with Crippen LogP contribution in [0.2, 0.25) is 5.02 Å². The minimum Gasteiger partial charge on any atom is -0.469 e. The third-order valence-corrected chi connectivity index (χ3v) is 6.72. The van der Waals surface area contributed by atoms with Gasteiger partial charge in [-0.15, -0.1) is 0 Å². The molecule has 0 radical (unpaired) electrons. The molecule has 0 spiro atoms. The number of carbonyl (C=O) groups excluding carboxylic acids is 2. The quantitative estimate of drug-likeness (QED) is 0.447. The maximum absolute atomic E-state index is 14.2. The van der Waals surface area contributed by atoms with Crippen molar-refractivity contribution in [2.45, 2.75) is 45.6 Å². The molecule has 2 aromatic heterocycles. The number of halogens is 2. The van der Waals surface area contributed by atoms with E-state index in [1.807, 2.05) is 16.8 Å². The number of esters is 1. The Balaban J connectivity index is 1.65. The highest BCUT2D eigenvalue weighted by Gasteiger charge is 2.27. The predicted octanol–water partition coefficient (Wildman–Crippen LogP) is 5.67. The molecule has 180 valence electrons. The van der Waals surface area contributed by atoms with Gasteiger partial charge < -0.3 is 14.2 Å². The molecule has 1 aliphatic heterocycles. The second-order valence-electron chi connectivity index (χ2n) is 9.80. The van der Waals surface area contributed by atoms with Gasteiger partial charge in [-0.3, -0.25) is 9.59 Å². The zero-order valence-electron chi connectivity index (χ0n) is 19.9. The maximum Gasteiger partial charge on any atom is 0.305 e. The number of benzene rings is 1. The average Bonchev–Trinajstić information content (AvgIpc) is 3.20. The normalized spacial score (nSPS) is 15.1. The van der Waals surface area contributed by atoms with Crippen LogP contribution in [-0.2, 0) is 15.1 Å². The van der Waals surface area contributed by atoms with Crippen LogP contribution in [0.25, 0.3) is 22.2 Å². The van der Waals surface area contributed by atoms with Gasteiger partial charge in [0.25, 0.3) is 5.91 Å². The second-order valence-corrected chi connectivity index (χ2v) is 10.2. The number of methoxy groups -OCH3 is 1. The summed E-state index contributed by atoms with van der Waals surface area (Å²) in [5.41, 5.74) is 2.27. The number of amides is 1. The van der Waals surface area contributed by atoms with Crippen molar-refractivity contribution in [1.29, 1.82) is 0 Å². The molecule has 8 heteroatoms. The van der Waals surface area contributed by atoms with E-state index in [4.69, 9.17) is 21.3 Å². The molecule has 0 bridgehead atoms. The van der Waals surface area contributed by atoms with Crippen LogP contribution in [-0.4, -0.2) is 46.5 Å². The summed E-state index contributed by atoms with van der Waals surface area (Å²) in [6.45, 7) is 7.33. The van der Waals surface area contributed by atoms with Gasteiger partial charge in [0, 0.05) is 42.2 Å². The average molecular weight is 486 g/mol. The highest BCUT2D eigenvalue weighted by Crippen LogP contribution is 2.35. The van der Waals surface area contributed by atoms with Gasteiger partial charge in [-0.05, 0) is 69.4 Å². The fourth-order valence-corrected chi connectivity index (χ4v) is 4.56. The van der Waals surface area contributed by atoms with E-state index < -0.39 is 5.82 Å². The lowest BCUT2D eigenvalue weighted by Crippen LogP contribution is -2.39. The van der Waals surface area contributed by atoms with Crippen molar-refractivity contribution < 1.29 is 18.7 Å². The smallest absolute Gasteiger partial charge is 0.305 e. The summed E-state index contributed by atoms with van der Waals surface area (Å²) in [5.74, 6) is -0.589. The largest absolute Gasteiger partial charge is 0.469 e. The van der Waals surface area contributed by atoms with Crippen molar-refractivity contribution in [3.63, 3.8) is 0 Å². The van der Waals surface area contributed by atoms with Gasteiger partial charge in [-0.25, -0.2) is 9.37 Å². The minimum absolute atomic E-state index is 0.0738. The first-order valence-corrected chi connectivity index (χ1v) is 11.8. The van der Waals surface area contributed by atoms with E-state index >= 15 is 0 Å². The molecule has 1 amide bonds. The SMILES string of the molecule is COC(=O)CC1CCN(C(=O)c2ccc3c(-c4ccc(Cl)c(F)c4)cn(C(C)(C)C)c3n2)CC1. The second kappa shape index (κ2) is 9.37. The third kappa shape index (κ3) is 4.80. The van der Waals surface area contributed by atoms with Crippen LogP contribution in [0.3, 0.4) is 0 Å². The van der Waals surface area contributed by atoms with Crippen LogP contribution in [0.1, 0.15) is 50.5 Å². The highest BCUT2D eigenvalue weighted by atomic mass is 35.5. The topological polar surface area (TPSA) is 64.4 Å². The molecule has 34 heavy (non-hydrogen) atoms. The fraction of sp³-hybridized carbons (Fsp3) is 0.423. The van der Waals surface area contributed by atoms with E-state index in [2.05, 4.69) is 20.8 Å². The first-order valence-electron chi connectivity index (χ1n) is 11.4. The molecular formula is C26H29ClFN3O3. The van der Waals surface area contributed by atoms with Crippen LogP contribution < -0.4 is 0 Å². The molecule has 0 aliphatic carbocycles. The van der Waals surface area contributed by atoms with Gasteiger partial charge in [0.15, 0.2) is 0 Å². The molecule has 3 aromatic rings. The van der Waals surface area contributed by atoms with Crippen LogP contribution in [0, 0.1) is 11.7 Å². The molecule has 0 unspecified atom stereocenters. The van der Waals surface area contributed by atoms with Crippen LogP contribution in [0.15, 0.2) is 36.5 Å². The Bertz CT molecular complexity index is 1240. The number of aromatic nitrogens is 2. The van der Waals surface area contributed by atoms with Gasteiger partial charge >= 0.3 is 5.97 Å². The Labute approximate surface area is 203 Å². The fourth-order valence-electron chi connectivity index (χ4n) is 4.45. The van der Waals surface area contributed by atoms with Gasteiger partial charge in [0.1, 0.15) is 17.2 Å². The Kier molecular flexibility index (Phi) is 6.67. The number of likely N-dealkylation sites (tertiary alicyclic amines) is 1. The molecular weight excluding hydrogens is 457 g/mol. The molecule has 0 atom stereocenters. The first-order chi connectivity index (χ1) is 16.1. The van der Waals surface area contributed by atoms with Crippen molar-refractivity contribution in [3.8, 4) is 11.1 Å². The minimum atomic E-state index is -0.480. The van der Waals surface area contributed by atoms with E-state index in [1.165, 1.54) is 13.2 Å². The number of nitrogens with zero attached hydrogens (tertiary/aromatic N) is 3. The van der Waals surface area contributed by atoms with Crippen molar-refractivity contribution in [1.82, 2.24) is 14.5 Å². The Morgan fingerprint density at radius 2 is 1.88 bits per heavy atom. The molecule has 0 saturated carbocycles. The highest BCUT2D eigenvalue weighted by molar-refractivity contribution is 6.30. The lowest BCUT2D eigenvalue weighted by atomic mass is 9.93. The number of carbonyl (C=O) groups is 2.